The molecule has 0 aliphatic heterocycles. The van der Waals surface area contributed by atoms with Crippen molar-refractivity contribution in [1.82, 2.24) is 4.98 Å². The molecule has 0 radical (unpaired) electrons. The van der Waals surface area contributed by atoms with Gasteiger partial charge in [-0.25, -0.2) is 0 Å². The Kier molecular flexibility index (Phi) is 7.10. The van der Waals surface area contributed by atoms with Crippen molar-refractivity contribution in [3.8, 4) is 50.6 Å². The van der Waals surface area contributed by atoms with Crippen molar-refractivity contribution in [1.29, 1.82) is 5.26 Å². The van der Waals surface area contributed by atoms with Crippen molar-refractivity contribution in [3.05, 3.63) is 157 Å². The van der Waals surface area contributed by atoms with Gasteiger partial charge in [-0.15, -0.1) is 0 Å². The Morgan fingerprint density at radius 1 is 0.659 bits per heavy atom. The SMILES string of the molecule is C=C/C=C\c1cc(-c2cccc(-c3cccc(-c4ccc(-c5ccc(C#N)cc5)cc4)c3)c2)c2cccnc2c1C. The minimum Gasteiger partial charge on any atom is -0.256 e. The quantitative estimate of drug-likeness (QED) is 0.203. The minimum absolute atomic E-state index is 0.670. The summed E-state index contributed by atoms with van der Waals surface area (Å²) in [5.41, 5.74) is 13.2. The van der Waals surface area contributed by atoms with Crippen molar-refractivity contribution in [2.75, 3.05) is 0 Å². The molecule has 0 fully saturated rings. The van der Waals surface area contributed by atoms with Gasteiger partial charge >= 0.3 is 0 Å². The van der Waals surface area contributed by atoms with E-state index in [1.165, 1.54) is 22.3 Å². The smallest absolute Gasteiger partial charge is 0.0991 e. The van der Waals surface area contributed by atoms with Crippen LogP contribution in [0.1, 0.15) is 16.7 Å². The zero-order valence-corrected chi connectivity index (χ0v) is 22.9. The molecule has 0 saturated carbocycles. The van der Waals surface area contributed by atoms with E-state index >= 15 is 0 Å². The highest BCUT2D eigenvalue weighted by atomic mass is 14.6. The van der Waals surface area contributed by atoms with Crippen LogP contribution >= 0.6 is 0 Å². The monoisotopic (exact) mass is 524 g/mol. The number of pyridine rings is 1. The van der Waals surface area contributed by atoms with E-state index in [1.807, 2.05) is 42.6 Å². The van der Waals surface area contributed by atoms with E-state index in [1.54, 1.807) is 6.08 Å². The second-order valence-corrected chi connectivity index (χ2v) is 10.1. The number of nitriles is 1. The molecule has 0 N–H and O–H groups in total. The van der Waals surface area contributed by atoms with Crippen LogP contribution in [0.2, 0.25) is 0 Å². The van der Waals surface area contributed by atoms with Crippen LogP contribution < -0.4 is 0 Å². The molecule has 5 aromatic carbocycles. The van der Waals surface area contributed by atoms with Crippen LogP contribution in [0.5, 0.6) is 0 Å². The van der Waals surface area contributed by atoms with Gasteiger partial charge in [-0.2, -0.15) is 5.26 Å². The Hall–Kier alpha value is -5.52. The van der Waals surface area contributed by atoms with Crippen molar-refractivity contribution < 1.29 is 0 Å². The second-order valence-electron chi connectivity index (χ2n) is 10.1. The first-order chi connectivity index (χ1) is 20.1. The third-order valence-electron chi connectivity index (χ3n) is 7.53. The van der Waals surface area contributed by atoms with Crippen LogP contribution in [0.15, 0.2) is 140 Å². The van der Waals surface area contributed by atoms with Gasteiger partial charge < -0.3 is 0 Å². The summed E-state index contributed by atoms with van der Waals surface area (Å²) >= 11 is 0. The van der Waals surface area contributed by atoms with E-state index in [0.717, 1.165) is 44.3 Å². The molecule has 1 heterocycles. The summed E-state index contributed by atoms with van der Waals surface area (Å²) in [6.45, 7) is 5.96. The first-order valence-corrected chi connectivity index (χ1v) is 13.6. The zero-order chi connectivity index (χ0) is 28.2. The Labute approximate surface area is 241 Å². The van der Waals surface area contributed by atoms with Gasteiger partial charge in [0.05, 0.1) is 17.1 Å². The average Bonchev–Trinajstić information content (AvgIpc) is 3.05. The summed E-state index contributed by atoms with van der Waals surface area (Å²) in [6, 6.07) is 42.3. The predicted octanol–water partition coefficient (Wildman–Crippen LogP) is 10.3. The fourth-order valence-electron chi connectivity index (χ4n) is 5.32. The maximum Gasteiger partial charge on any atom is 0.0991 e. The highest BCUT2D eigenvalue weighted by Crippen LogP contribution is 2.35. The number of benzene rings is 5. The lowest BCUT2D eigenvalue weighted by Crippen LogP contribution is -1.92. The summed E-state index contributed by atoms with van der Waals surface area (Å²) in [6.07, 6.45) is 7.73. The van der Waals surface area contributed by atoms with Crippen molar-refractivity contribution >= 4 is 17.0 Å². The van der Waals surface area contributed by atoms with Crippen LogP contribution in [-0.4, -0.2) is 4.98 Å². The molecule has 0 saturated heterocycles. The van der Waals surface area contributed by atoms with Gasteiger partial charge in [0, 0.05) is 11.6 Å². The van der Waals surface area contributed by atoms with Crippen LogP contribution in [0.3, 0.4) is 0 Å². The number of rotatable bonds is 6. The van der Waals surface area contributed by atoms with E-state index in [-0.39, 0.29) is 0 Å². The van der Waals surface area contributed by atoms with E-state index in [0.29, 0.717) is 5.56 Å². The van der Waals surface area contributed by atoms with Gasteiger partial charge in [0.25, 0.3) is 0 Å². The van der Waals surface area contributed by atoms with Crippen LogP contribution in [0.25, 0.3) is 61.5 Å². The molecule has 0 aliphatic rings. The third-order valence-corrected chi connectivity index (χ3v) is 7.53. The molecule has 0 atom stereocenters. The van der Waals surface area contributed by atoms with Gasteiger partial charge in [-0.3, -0.25) is 4.98 Å². The molecule has 194 valence electrons. The van der Waals surface area contributed by atoms with Gasteiger partial charge in [0.1, 0.15) is 0 Å². The van der Waals surface area contributed by atoms with Crippen molar-refractivity contribution in [2.24, 2.45) is 0 Å². The number of fused-ring (bicyclic) bond motifs is 1. The molecular formula is C39H28N2. The highest BCUT2D eigenvalue weighted by Gasteiger charge is 2.12. The predicted molar refractivity (Wildman–Crippen MR) is 172 cm³/mol. The molecule has 0 amide bonds. The summed E-state index contributed by atoms with van der Waals surface area (Å²) < 4.78 is 0. The molecule has 0 unspecified atom stereocenters. The lowest BCUT2D eigenvalue weighted by atomic mass is 9.91. The molecule has 0 spiro atoms. The fraction of sp³-hybridized carbons (Fsp3) is 0.0256. The molecule has 6 rings (SSSR count). The standard InChI is InChI=1S/C39H28N2/c1-3-4-8-32-25-38(37-13-7-22-41-39(37)27(32)2)36-12-6-11-35(24-36)34-10-5-9-33(23-34)31-20-18-30(19-21-31)29-16-14-28(26-40)15-17-29/h3-25H,1H2,2H3/b8-4-. The van der Waals surface area contributed by atoms with E-state index < -0.39 is 0 Å². The Morgan fingerprint density at radius 2 is 1.22 bits per heavy atom. The number of nitrogens with zero attached hydrogens (tertiary/aromatic N) is 2. The maximum atomic E-state index is 9.07. The molecule has 0 aliphatic carbocycles. The number of hydrogen-bond acceptors (Lipinski definition) is 2. The number of aromatic nitrogens is 1. The molecule has 1 aromatic heterocycles. The van der Waals surface area contributed by atoms with Gasteiger partial charge in [-0.1, -0.05) is 104 Å². The number of hydrogen-bond donors (Lipinski definition) is 0. The summed E-state index contributed by atoms with van der Waals surface area (Å²) in [7, 11) is 0. The second kappa shape index (κ2) is 11.3. The topological polar surface area (TPSA) is 36.7 Å². The van der Waals surface area contributed by atoms with Crippen LogP contribution in [0, 0.1) is 18.3 Å². The third kappa shape index (κ3) is 5.22. The van der Waals surface area contributed by atoms with E-state index in [4.69, 9.17) is 10.2 Å². The van der Waals surface area contributed by atoms with Gasteiger partial charge in [0.2, 0.25) is 0 Å². The van der Waals surface area contributed by atoms with Crippen molar-refractivity contribution in [2.45, 2.75) is 6.92 Å². The number of aryl methyl sites for hydroxylation is 1. The zero-order valence-electron chi connectivity index (χ0n) is 22.9. The number of allylic oxidation sites excluding steroid dienone is 2. The molecule has 0 bridgehead atoms. The Balaban J connectivity index is 1.36. The lowest BCUT2D eigenvalue weighted by Gasteiger charge is -2.13. The molecule has 2 heteroatoms. The average molecular weight is 525 g/mol. The van der Waals surface area contributed by atoms with Crippen LogP contribution in [0.4, 0.5) is 0 Å². The first kappa shape index (κ1) is 25.7. The summed E-state index contributed by atoms with van der Waals surface area (Å²) in [5.74, 6) is 0. The normalized spacial score (nSPS) is 11.0. The Bertz CT molecular complexity index is 1950. The fourth-order valence-corrected chi connectivity index (χ4v) is 5.32. The first-order valence-electron chi connectivity index (χ1n) is 13.6. The Morgan fingerprint density at radius 3 is 1.85 bits per heavy atom. The van der Waals surface area contributed by atoms with Crippen LogP contribution in [-0.2, 0) is 0 Å². The van der Waals surface area contributed by atoms with Gasteiger partial charge in [-0.05, 0) is 99.0 Å². The summed E-state index contributed by atoms with van der Waals surface area (Å²) in [4.78, 5) is 4.72. The molecule has 6 aromatic rings. The van der Waals surface area contributed by atoms with E-state index in [9.17, 15) is 0 Å². The largest absolute Gasteiger partial charge is 0.256 e. The minimum atomic E-state index is 0.670. The van der Waals surface area contributed by atoms with Crippen molar-refractivity contribution in [3.63, 3.8) is 0 Å². The lowest BCUT2D eigenvalue weighted by molar-refractivity contribution is 1.36. The summed E-state index contributed by atoms with van der Waals surface area (Å²) in [5, 5.41) is 10.2. The maximum absolute atomic E-state index is 9.07. The van der Waals surface area contributed by atoms with E-state index in [2.05, 4.69) is 111 Å². The molecule has 41 heavy (non-hydrogen) atoms. The van der Waals surface area contributed by atoms with Gasteiger partial charge in [0.15, 0.2) is 0 Å². The molecular weight excluding hydrogens is 496 g/mol. The molecule has 2 nitrogen and oxygen atoms in total. The highest BCUT2D eigenvalue weighted by molar-refractivity contribution is 5.99.